The predicted octanol–water partition coefficient (Wildman–Crippen LogP) is 3.68. The molecule has 1 atom stereocenters. The Bertz CT molecular complexity index is 1080. The number of aryl methyl sites for hydroxylation is 1. The van der Waals surface area contributed by atoms with Gasteiger partial charge in [-0.15, -0.1) is 0 Å². The highest BCUT2D eigenvalue weighted by atomic mass is 16.5. The summed E-state index contributed by atoms with van der Waals surface area (Å²) in [6.45, 7) is 4.38. The molecule has 0 saturated carbocycles. The highest BCUT2D eigenvalue weighted by Crippen LogP contribution is 2.37. The molecule has 0 bridgehead atoms. The molecule has 2 heterocycles. The lowest BCUT2D eigenvalue weighted by molar-refractivity contribution is 0.0771. The van der Waals surface area contributed by atoms with E-state index in [1.54, 1.807) is 24.1 Å². The van der Waals surface area contributed by atoms with Gasteiger partial charge in [-0.1, -0.05) is 23.8 Å². The maximum atomic E-state index is 13.2. The Labute approximate surface area is 150 Å². The molecule has 0 spiro atoms. The monoisotopic (exact) mass is 349 g/mol. The van der Waals surface area contributed by atoms with Crippen molar-refractivity contribution in [1.82, 2.24) is 4.90 Å². The fourth-order valence-corrected chi connectivity index (χ4v) is 3.53. The first-order valence-corrected chi connectivity index (χ1v) is 8.58. The van der Waals surface area contributed by atoms with Crippen LogP contribution in [0.15, 0.2) is 51.7 Å². The van der Waals surface area contributed by atoms with Gasteiger partial charge in [-0.3, -0.25) is 9.59 Å². The summed E-state index contributed by atoms with van der Waals surface area (Å²) in [6.07, 6.45) is 0. The molecular formula is C21H19NO4. The molecule has 4 rings (SSSR count). The molecule has 1 aliphatic rings. The highest BCUT2D eigenvalue weighted by Gasteiger charge is 2.40. The first kappa shape index (κ1) is 16.4. The van der Waals surface area contributed by atoms with E-state index < -0.39 is 6.04 Å². The maximum Gasteiger partial charge on any atom is 0.290 e. The Kier molecular flexibility index (Phi) is 3.80. The average molecular weight is 349 g/mol. The third kappa shape index (κ3) is 2.39. The summed E-state index contributed by atoms with van der Waals surface area (Å²) in [4.78, 5) is 27.5. The zero-order valence-electron chi connectivity index (χ0n) is 14.9. The van der Waals surface area contributed by atoms with E-state index in [9.17, 15) is 9.59 Å². The largest absolute Gasteiger partial charge is 0.494 e. The summed E-state index contributed by atoms with van der Waals surface area (Å²) in [5.41, 5.74) is 2.46. The number of amides is 1. The minimum Gasteiger partial charge on any atom is -0.494 e. The lowest BCUT2D eigenvalue weighted by Crippen LogP contribution is -2.25. The minimum absolute atomic E-state index is 0.126. The topological polar surface area (TPSA) is 59.8 Å². The van der Waals surface area contributed by atoms with Gasteiger partial charge in [-0.05, 0) is 43.7 Å². The standard InChI is InChI=1S/C21H19NO4/c1-4-25-14-7-5-6-13(11-14)18-17-19(23)15-10-12(2)8-9-16(15)26-20(17)21(24)22(18)3/h5-11,18H,4H2,1-3H3/t18-/m0/s1. The van der Waals surface area contributed by atoms with Crippen LogP contribution in [0.2, 0.25) is 0 Å². The SMILES string of the molecule is CCOc1cccc([C@H]2c3c(oc4ccc(C)cc4c3=O)C(=O)N2C)c1. The summed E-state index contributed by atoms with van der Waals surface area (Å²) in [5.74, 6) is 0.548. The Morgan fingerprint density at radius 3 is 2.73 bits per heavy atom. The van der Waals surface area contributed by atoms with Crippen LogP contribution in [0.4, 0.5) is 0 Å². The fraction of sp³-hybridized carbons (Fsp3) is 0.238. The molecule has 26 heavy (non-hydrogen) atoms. The Balaban J connectivity index is 1.96. The van der Waals surface area contributed by atoms with Gasteiger partial charge in [0.2, 0.25) is 5.76 Å². The van der Waals surface area contributed by atoms with Crippen LogP contribution in [0, 0.1) is 6.92 Å². The van der Waals surface area contributed by atoms with Crippen LogP contribution in [0.1, 0.15) is 40.2 Å². The quantitative estimate of drug-likeness (QED) is 0.724. The molecular weight excluding hydrogens is 330 g/mol. The number of fused-ring (bicyclic) bond motifs is 2. The second-order valence-electron chi connectivity index (χ2n) is 6.50. The van der Waals surface area contributed by atoms with Crippen LogP contribution in [0.3, 0.4) is 0 Å². The molecule has 5 heteroatoms. The number of carbonyl (C=O) groups excluding carboxylic acids is 1. The van der Waals surface area contributed by atoms with Gasteiger partial charge in [0.15, 0.2) is 5.43 Å². The molecule has 0 saturated heterocycles. The molecule has 3 aromatic rings. The Morgan fingerprint density at radius 1 is 1.15 bits per heavy atom. The van der Waals surface area contributed by atoms with Crippen LogP contribution < -0.4 is 10.2 Å². The zero-order chi connectivity index (χ0) is 18.4. The first-order valence-electron chi connectivity index (χ1n) is 8.58. The van der Waals surface area contributed by atoms with E-state index in [-0.39, 0.29) is 17.1 Å². The van der Waals surface area contributed by atoms with Gasteiger partial charge in [-0.2, -0.15) is 0 Å². The molecule has 0 fully saturated rings. The molecule has 0 N–H and O–H groups in total. The summed E-state index contributed by atoms with van der Waals surface area (Å²) >= 11 is 0. The number of benzene rings is 2. The van der Waals surface area contributed by atoms with E-state index in [1.807, 2.05) is 44.2 Å². The molecule has 0 unspecified atom stereocenters. The van der Waals surface area contributed by atoms with Crippen molar-refractivity contribution in [2.75, 3.05) is 13.7 Å². The molecule has 1 aliphatic heterocycles. The number of hydrogen-bond acceptors (Lipinski definition) is 4. The van der Waals surface area contributed by atoms with Crippen molar-refractivity contribution in [1.29, 1.82) is 0 Å². The van der Waals surface area contributed by atoms with Gasteiger partial charge in [0.1, 0.15) is 11.3 Å². The molecule has 0 radical (unpaired) electrons. The van der Waals surface area contributed by atoms with E-state index in [0.29, 0.717) is 28.9 Å². The molecule has 5 nitrogen and oxygen atoms in total. The number of ether oxygens (including phenoxy) is 1. The molecule has 1 aromatic heterocycles. The average Bonchev–Trinajstić information content (AvgIpc) is 2.88. The summed E-state index contributed by atoms with van der Waals surface area (Å²) < 4.78 is 11.4. The fourth-order valence-electron chi connectivity index (χ4n) is 3.53. The summed E-state index contributed by atoms with van der Waals surface area (Å²) in [5, 5.41) is 0.498. The van der Waals surface area contributed by atoms with Gasteiger partial charge in [0, 0.05) is 7.05 Å². The van der Waals surface area contributed by atoms with Crippen molar-refractivity contribution in [3.05, 3.63) is 75.1 Å². The minimum atomic E-state index is -0.487. The van der Waals surface area contributed by atoms with Crippen molar-refractivity contribution < 1.29 is 13.9 Å². The van der Waals surface area contributed by atoms with E-state index >= 15 is 0 Å². The lowest BCUT2D eigenvalue weighted by Gasteiger charge is -2.20. The smallest absolute Gasteiger partial charge is 0.290 e. The van der Waals surface area contributed by atoms with Gasteiger partial charge >= 0.3 is 0 Å². The summed E-state index contributed by atoms with van der Waals surface area (Å²) in [6, 6.07) is 12.4. The number of carbonyl (C=O) groups is 1. The van der Waals surface area contributed by atoms with Crippen LogP contribution in [0.5, 0.6) is 5.75 Å². The molecule has 132 valence electrons. The van der Waals surface area contributed by atoms with Crippen LogP contribution in [-0.4, -0.2) is 24.5 Å². The zero-order valence-corrected chi connectivity index (χ0v) is 14.9. The van der Waals surface area contributed by atoms with E-state index in [2.05, 4.69) is 0 Å². The Hall–Kier alpha value is -3.08. The lowest BCUT2D eigenvalue weighted by atomic mass is 9.98. The highest BCUT2D eigenvalue weighted by molar-refractivity contribution is 5.98. The van der Waals surface area contributed by atoms with Crippen molar-refractivity contribution in [3.63, 3.8) is 0 Å². The van der Waals surface area contributed by atoms with Gasteiger partial charge in [-0.25, -0.2) is 0 Å². The van der Waals surface area contributed by atoms with Crippen LogP contribution in [-0.2, 0) is 0 Å². The second-order valence-corrected chi connectivity index (χ2v) is 6.50. The van der Waals surface area contributed by atoms with Crippen molar-refractivity contribution in [3.8, 4) is 5.75 Å². The summed E-state index contributed by atoms with van der Waals surface area (Å²) in [7, 11) is 1.69. The third-order valence-electron chi connectivity index (χ3n) is 4.74. The number of hydrogen-bond donors (Lipinski definition) is 0. The Morgan fingerprint density at radius 2 is 1.96 bits per heavy atom. The van der Waals surface area contributed by atoms with Crippen LogP contribution in [0.25, 0.3) is 11.0 Å². The van der Waals surface area contributed by atoms with Gasteiger partial charge in [0.05, 0.1) is 23.6 Å². The van der Waals surface area contributed by atoms with Gasteiger partial charge in [0.25, 0.3) is 5.91 Å². The molecule has 1 amide bonds. The van der Waals surface area contributed by atoms with Crippen molar-refractivity contribution in [2.45, 2.75) is 19.9 Å². The molecule has 0 aliphatic carbocycles. The number of nitrogens with zero attached hydrogens (tertiary/aromatic N) is 1. The third-order valence-corrected chi connectivity index (χ3v) is 4.74. The predicted molar refractivity (Wildman–Crippen MR) is 98.8 cm³/mol. The normalized spacial score (nSPS) is 16.2. The van der Waals surface area contributed by atoms with E-state index in [1.165, 1.54) is 0 Å². The second kappa shape index (κ2) is 6.02. The molecule has 2 aromatic carbocycles. The van der Waals surface area contributed by atoms with Gasteiger partial charge < -0.3 is 14.1 Å². The number of rotatable bonds is 3. The maximum absolute atomic E-state index is 13.2. The van der Waals surface area contributed by atoms with Crippen LogP contribution >= 0.6 is 0 Å². The van der Waals surface area contributed by atoms with Crippen molar-refractivity contribution in [2.24, 2.45) is 0 Å². The van der Waals surface area contributed by atoms with Crippen molar-refractivity contribution >= 4 is 16.9 Å². The van der Waals surface area contributed by atoms with E-state index in [0.717, 1.165) is 11.1 Å². The van der Waals surface area contributed by atoms with E-state index in [4.69, 9.17) is 9.15 Å². The first-order chi connectivity index (χ1) is 12.5.